The summed E-state index contributed by atoms with van der Waals surface area (Å²) in [5, 5.41) is 4.09. The number of hydrogen-bond acceptors (Lipinski definition) is 3. The molecule has 0 fully saturated rings. The van der Waals surface area contributed by atoms with Gasteiger partial charge in [-0.2, -0.15) is 5.10 Å². The van der Waals surface area contributed by atoms with Crippen LogP contribution in [0.1, 0.15) is 23.0 Å². The van der Waals surface area contributed by atoms with E-state index in [9.17, 15) is 9.18 Å². The molecule has 0 atom stereocenters. The SMILES string of the molecule is CCOC(=O)c1ccn(Cc2ccc(F)cc2)n1. The Bertz CT molecular complexity index is 534. The molecule has 0 radical (unpaired) electrons. The van der Waals surface area contributed by atoms with Crippen LogP contribution in [0, 0.1) is 5.82 Å². The van der Waals surface area contributed by atoms with Gasteiger partial charge in [0.25, 0.3) is 0 Å². The summed E-state index contributed by atoms with van der Waals surface area (Å²) in [4.78, 5) is 11.4. The first kappa shape index (κ1) is 12.3. The molecule has 0 unspecified atom stereocenters. The van der Waals surface area contributed by atoms with Crippen molar-refractivity contribution in [2.75, 3.05) is 6.61 Å². The van der Waals surface area contributed by atoms with Gasteiger partial charge in [0.05, 0.1) is 13.2 Å². The van der Waals surface area contributed by atoms with Gasteiger partial charge in [-0.1, -0.05) is 12.1 Å². The van der Waals surface area contributed by atoms with Gasteiger partial charge in [0.1, 0.15) is 5.82 Å². The number of nitrogens with zero attached hydrogens (tertiary/aromatic N) is 2. The van der Waals surface area contributed by atoms with Crippen molar-refractivity contribution < 1.29 is 13.9 Å². The molecule has 1 aromatic heterocycles. The molecule has 0 aliphatic heterocycles. The number of halogens is 1. The van der Waals surface area contributed by atoms with Crippen LogP contribution in [0.5, 0.6) is 0 Å². The number of rotatable bonds is 4. The summed E-state index contributed by atoms with van der Waals surface area (Å²) >= 11 is 0. The Kier molecular flexibility index (Phi) is 3.72. The van der Waals surface area contributed by atoms with Crippen LogP contribution in [-0.4, -0.2) is 22.4 Å². The quantitative estimate of drug-likeness (QED) is 0.779. The molecule has 0 aliphatic rings. The van der Waals surface area contributed by atoms with Gasteiger partial charge in [0.2, 0.25) is 0 Å². The van der Waals surface area contributed by atoms with Gasteiger partial charge in [-0.15, -0.1) is 0 Å². The Morgan fingerprint density at radius 1 is 1.33 bits per heavy atom. The monoisotopic (exact) mass is 248 g/mol. The van der Waals surface area contributed by atoms with Crippen molar-refractivity contribution in [1.82, 2.24) is 9.78 Å². The summed E-state index contributed by atoms with van der Waals surface area (Å²) in [7, 11) is 0. The molecular formula is C13H13FN2O2. The maximum absolute atomic E-state index is 12.7. The second kappa shape index (κ2) is 5.44. The van der Waals surface area contributed by atoms with E-state index < -0.39 is 5.97 Å². The van der Waals surface area contributed by atoms with Gasteiger partial charge in [-0.05, 0) is 30.7 Å². The van der Waals surface area contributed by atoms with Crippen molar-refractivity contribution >= 4 is 5.97 Å². The smallest absolute Gasteiger partial charge is 0.358 e. The van der Waals surface area contributed by atoms with Crippen molar-refractivity contribution in [3.8, 4) is 0 Å². The standard InChI is InChI=1S/C13H13FN2O2/c1-2-18-13(17)12-7-8-16(15-12)9-10-3-5-11(14)6-4-10/h3-8H,2,9H2,1H3. The Balaban J connectivity index is 2.06. The number of benzene rings is 1. The zero-order chi connectivity index (χ0) is 13.0. The first-order chi connectivity index (χ1) is 8.69. The number of esters is 1. The summed E-state index contributed by atoms with van der Waals surface area (Å²) in [5.41, 5.74) is 1.19. The molecule has 2 rings (SSSR count). The van der Waals surface area contributed by atoms with Crippen LogP contribution in [0.2, 0.25) is 0 Å². The average molecular weight is 248 g/mol. The largest absolute Gasteiger partial charge is 0.461 e. The maximum Gasteiger partial charge on any atom is 0.358 e. The lowest BCUT2D eigenvalue weighted by atomic mass is 10.2. The molecule has 2 aromatic rings. The molecule has 4 nitrogen and oxygen atoms in total. The first-order valence-corrected chi connectivity index (χ1v) is 5.64. The van der Waals surface area contributed by atoms with E-state index in [-0.39, 0.29) is 11.5 Å². The molecule has 0 saturated heterocycles. The van der Waals surface area contributed by atoms with Crippen LogP contribution >= 0.6 is 0 Å². The van der Waals surface area contributed by atoms with E-state index in [0.717, 1.165) is 5.56 Å². The summed E-state index contributed by atoms with van der Waals surface area (Å²) in [6, 6.07) is 7.75. The van der Waals surface area contributed by atoms with Crippen LogP contribution in [0.3, 0.4) is 0 Å². The van der Waals surface area contributed by atoms with Crippen molar-refractivity contribution in [2.45, 2.75) is 13.5 Å². The molecule has 0 amide bonds. The van der Waals surface area contributed by atoms with Gasteiger partial charge in [0, 0.05) is 6.20 Å². The summed E-state index contributed by atoms with van der Waals surface area (Å²) in [5.74, 6) is -0.707. The molecule has 18 heavy (non-hydrogen) atoms. The fourth-order valence-electron chi connectivity index (χ4n) is 1.54. The molecular weight excluding hydrogens is 235 g/mol. The van der Waals surface area contributed by atoms with Gasteiger partial charge in [-0.25, -0.2) is 9.18 Å². The molecule has 0 saturated carbocycles. The van der Waals surface area contributed by atoms with Crippen LogP contribution < -0.4 is 0 Å². The van der Waals surface area contributed by atoms with Gasteiger partial charge in [0.15, 0.2) is 5.69 Å². The Morgan fingerprint density at radius 3 is 2.72 bits per heavy atom. The van der Waals surface area contributed by atoms with Crippen molar-refractivity contribution in [2.24, 2.45) is 0 Å². The lowest BCUT2D eigenvalue weighted by Gasteiger charge is -2.01. The third-order valence-electron chi connectivity index (χ3n) is 2.38. The van der Waals surface area contributed by atoms with E-state index in [1.54, 1.807) is 36.0 Å². The normalized spacial score (nSPS) is 10.3. The first-order valence-electron chi connectivity index (χ1n) is 5.64. The predicted octanol–water partition coefficient (Wildman–Crippen LogP) is 2.25. The highest BCUT2D eigenvalue weighted by atomic mass is 19.1. The number of hydrogen-bond donors (Lipinski definition) is 0. The summed E-state index contributed by atoms with van der Waals surface area (Å²) < 4.78 is 19.2. The Hall–Kier alpha value is -2.17. The molecule has 1 aromatic carbocycles. The van der Waals surface area contributed by atoms with E-state index in [1.807, 2.05) is 0 Å². The van der Waals surface area contributed by atoms with Crippen LogP contribution in [0.25, 0.3) is 0 Å². The third kappa shape index (κ3) is 2.94. The molecule has 0 bridgehead atoms. The minimum atomic E-state index is -0.435. The highest BCUT2D eigenvalue weighted by Crippen LogP contribution is 2.06. The van der Waals surface area contributed by atoms with Crippen LogP contribution in [0.15, 0.2) is 36.5 Å². The number of ether oxygens (including phenoxy) is 1. The van der Waals surface area contributed by atoms with E-state index in [1.165, 1.54) is 12.1 Å². The van der Waals surface area contributed by atoms with Crippen molar-refractivity contribution in [3.63, 3.8) is 0 Å². The average Bonchev–Trinajstić information content (AvgIpc) is 2.81. The highest BCUT2D eigenvalue weighted by molar-refractivity contribution is 5.86. The lowest BCUT2D eigenvalue weighted by molar-refractivity contribution is 0.0518. The van der Waals surface area contributed by atoms with E-state index in [0.29, 0.717) is 13.2 Å². The fourth-order valence-corrected chi connectivity index (χ4v) is 1.54. The Labute approximate surface area is 104 Å². The topological polar surface area (TPSA) is 44.1 Å². The van der Waals surface area contributed by atoms with Crippen LogP contribution in [-0.2, 0) is 11.3 Å². The molecule has 94 valence electrons. The van der Waals surface area contributed by atoms with E-state index >= 15 is 0 Å². The van der Waals surface area contributed by atoms with Crippen molar-refractivity contribution in [3.05, 3.63) is 53.6 Å². The van der Waals surface area contributed by atoms with Gasteiger partial charge < -0.3 is 4.74 Å². The fraction of sp³-hybridized carbons (Fsp3) is 0.231. The third-order valence-corrected chi connectivity index (χ3v) is 2.38. The maximum atomic E-state index is 12.7. The second-order valence-corrected chi connectivity index (χ2v) is 3.75. The van der Waals surface area contributed by atoms with Crippen LogP contribution in [0.4, 0.5) is 4.39 Å². The molecule has 1 heterocycles. The zero-order valence-corrected chi connectivity index (χ0v) is 9.97. The van der Waals surface area contributed by atoms with Crippen molar-refractivity contribution in [1.29, 1.82) is 0 Å². The molecule has 0 spiro atoms. The minimum Gasteiger partial charge on any atom is -0.461 e. The Morgan fingerprint density at radius 2 is 2.06 bits per heavy atom. The minimum absolute atomic E-state index is 0.272. The number of carbonyl (C=O) groups excluding carboxylic acids is 1. The lowest BCUT2D eigenvalue weighted by Crippen LogP contribution is -2.07. The van der Waals surface area contributed by atoms with E-state index in [4.69, 9.17) is 4.74 Å². The second-order valence-electron chi connectivity index (χ2n) is 3.75. The van der Waals surface area contributed by atoms with Gasteiger partial charge in [-0.3, -0.25) is 4.68 Å². The predicted molar refractivity (Wildman–Crippen MR) is 63.7 cm³/mol. The van der Waals surface area contributed by atoms with Gasteiger partial charge >= 0.3 is 5.97 Å². The number of aromatic nitrogens is 2. The summed E-state index contributed by atoms with van der Waals surface area (Å²) in [6.45, 7) is 2.55. The molecule has 5 heteroatoms. The molecule has 0 N–H and O–H groups in total. The number of carbonyl (C=O) groups is 1. The summed E-state index contributed by atoms with van der Waals surface area (Å²) in [6.07, 6.45) is 1.69. The zero-order valence-electron chi connectivity index (χ0n) is 9.97. The molecule has 0 aliphatic carbocycles. The van der Waals surface area contributed by atoms with E-state index in [2.05, 4.69) is 5.10 Å². The highest BCUT2D eigenvalue weighted by Gasteiger charge is 2.09.